The second kappa shape index (κ2) is 8.58. The van der Waals surface area contributed by atoms with Crippen LogP contribution in [0, 0.1) is 5.82 Å². The highest BCUT2D eigenvalue weighted by Crippen LogP contribution is 2.09. The van der Waals surface area contributed by atoms with E-state index in [-0.39, 0.29) is 18.5 Å². The van der Waals surface area contributed by atoms with Gasteiger partial charge in [0.1, 0.15) is 11.9 Å². The van der Waals surface area contributed by atoms with Crippen LogP contribution in [0.3, 0.4) is 0 Å². The molecule has 0 spiro atoms. The Labute approximate surface area is 144 Å². The average Bonchev–Trinajstić information content (AvgIpc) is 2.61. The molecule has 0 unspecified atom stereocenters. The number of rotatable bonds is 7. The van der Waals surface area contributed by atoms with Crippen LogP contribution >= 0.6 is 0 Å². The van der Waals surface area contributed by atoms with Crippen LogP contribution in [-0.2, 0) is 16.0 Å². The Bertz CT molecular complexity index is 765. The first-order chi connectivity index (χ1) is 12.0. The predicted molar refractivity (Wildman–Crippen MR) is 90.0 cm³/mol. The van der Waals surface area contributed by atoms with Gasteiger partial charge < -0.3 is 16.4 Å². The van der Waals surface area contributed by atoms with Gasteiger partial charge in [-0.1, -0.05) is 36.4 Å². The molecule has 25 heavy (non-hydrogen) atoms. The minimum Gasteiger partial charge on any atom is -0.368 e. The maximum absolute atomic E-state index is 13.7. The molecule has 3 amide bonds. The van der Waals surface area contributed by atoms with Gasteiger partial charge in [-0.2, -0.15) is 0 Å². The highest BCUT2D eigenvalue weighted by Gasteiger charge is 2.20. The van der Waals surface area contributed by atoms with Crippen LogP contribution in [0.1, 0.15) is 15.9 Å². The molecule has 130 valence electrons. The van der Waals surface area contributed by atoms with Crippen molar-refractivity contribution in [1.29, 1.82) is 0 Å². The lowest BCUT2D eigenvalue weighted by atomic mass is 10.0. The van der Waals surface area contributed by atoms with E-state index in [0.29, 0.717) is 5.56 Å². The molecule has 0 saturated carbocycles. The molecule has 0 fully saturated rings. The van der Waals surface area contributed by atoms with Crippen molar-refractivity contribution in [1.82, 2.24) is 10.6 Å². The first-order valence-electron chi connectivity index (χ1n) is 7.62. The van der Waals surface area contributed by atoms with Gasteiger partial charge >= 0.3 is 0 Å². The Morgan fingerprint density at radius 3 is 2.28 bits per heavy atom. The summed E-state index contributed by atoms with van der Waals surface area (Å²) >= 11 is 0. The van der Waals surface area contributed by atoms with E-state index in [1.54, 1.807) is 36.4 Å². The number of nitrogens with two attached hydrogens (primary N) is 1. The molecule has 4 N–H and O–H groups in total. The molecular weight excluding hydrogens is 325 g/mol. The number of primary amides is 1. The van der Waals surface area contributed by atoms with E-state index < -0.39 is 29.6 Å². The molecule has 0 aliphatic carbocycles. The van der Waals surface area contributed by atoms with Crippen LogP contribution in [0.2, 0.25) is 0 Å². The Hall–Kier alpha value is -3.22. The smallest absolute Gasteiger partial charge is 0.251 e. The Morgan fingerprint density at radius 2 is 1.64 bits per heavy atom. The van der Waals surface area contributed by atoms with E-state index in [1.807, 2.05) is 0 Å². The second-order valence-electron chi connectivity index (χ2n) is 5.37. The van der Waals surface area contributed by atoms with Gasteiger partial charge in [0, 0.05) is 12.0 Å². The molecule has 0 heterocycles. The number of benzene rings is 2. The monoisotopic (exact) mass is 343 g/mol. The van der Waals surface area contributed by atoms with Crippen molar-refractivity contribution in [3.05, 3.63) is 71.5 Å². The van der Waals surface area contributed by atoms with Gasteiger partial charge in [0.2, 0.25) is 11.8 Å². The van der Waals surface area contributed by atoms with E-state index in [1.165, 1.54) is 18.2 Å². The molecule has 2 aromatic carbocycles. The second-order valence-corrected chi connectivity index (χ2v) is 5.37. The van der Waals surface area contributed by atoms with Gasteiger partial charge in [0.25, 0.3) is 5.91 Å². The molecular formula is C18H18FN3O3. The Balaban J connectivity index is 1.91. The third-order valence-electron chi connectivity index (χ3n) is 3.51. The maximum Gasteiger partial charge on any atom is 0.251 e. The SMILES string of the molecule is NC(=O)[C@@H](Cc1ccccc1F)NC(=O)CNC(=O)c1ccccc1. The quantitative estimate of drug-likeness (QED) is 0.692. The summed E-state index contributed by atoms with van der Waals surface area (Å²) in [6, 6.07) is 13.2. The summed E-state index contributed by atoms with van der Waals surface area (Å²) in [6.45, 7) is -0.325. The highest BCUT2D eigenvalue weighted by atomic mass is 19.1. The molecule has 2 aromatic rings. The molecule has 0 aliphatic rings. The predicted octanol–water partition coefficient (Wildman–Crippen LogP) is 0.768. The first-order valence-corrected chi connectivity index (χ1v) is 7.62. The van der Waals surface area contributed by atoms with Crippen LogP contribution in [-0.4, -0.2) is 30.3 Å². The van der Waals surface area contributed by atoms with Gasteiger partial charge in [-0.15, -0.1) is 0 Å². The highest BCUT2D eigenvalue weighted by molar-refractivity contribution is 5.97. The van der Waals surface area contributed by atoms with Gasteiger partial charge in [0.15, 0.2) is 0 Å². The lowest BCUT2D eigenvalue weighted by molar-refractivity contribution is -0.126. The average molecular weight is 343 g/mol. The fraction of sp³-hybridized carbons (Fsp3) is 0.167. The lowest BCUT2D eigenvalue weighted by Gasteiger charge is -2.16. The van der Waals surface area contributed by atoms with Crippen molar-refractivity contribution in [2.24, 2.45) is 5.73 Å². The minimum atomic E-state index is -1.07. The first kappa shape index (κ1) is 18.1. The zero-order valence-corrected chi connectivity index (χ0v) is 13.4. The number of amides is 3. The van der Waals surface area contributed by atoms with Crippen LogP contribution < -0.4 is 16.4 Å². The molecule has 0 bridgehead atoms. The largest absolute Gasteiger partial charge is 0.368 e. The van der Waals surface area contributed by atoms with Crippen molar-refractivity contribution in [2.75, 3.05) is 6.54 Å². The minimum absolute atomic E-state index is 0.0691. The fourth-order valence-electron chi connectivity index (χ4n) is 2.20. The summed E-state index contributed by atoms with van der Waals surface area (Å²) in [5, 5.41) is 4.85. The third-order valence-corrected chi connectivity index (χ3v) is 3.51. The molecule has 0 radical (unpaired) electrons. The molecule has 2 rings (SSSR count). The molecule has 7 heteroatoms. The van der Waals surface area contributed by atoms with Crippen molar-refractivity contribution in [2.45, 2.75) is 12.5 Å². The normalized spacial score (nSPS) is 11.4. The van der Waals surface area contributed by atoms with Crippen LogP contribution in [0.25, 0.3) is 0 Å². The lowest BCUT2D eigenvalue weighted by Crippen LogP contribution is -2.49. The summed E-state index contributed by atoms with van der Waals surface area (Å²) in [5.74, 6) is -2.28. The number of carbonyl (C=O) groups excluding carboxylic acids is 3. The zero-order valence-electron chi connectivity index (χ0n) is 13.4. The van der Waals surface area contributed by atoms with E-state index in [9.17, 15) is 18.8 Å². The number of carbonyl (C=O) groups is 3. The summed E-state index contributed by atoms with van der Waals surface area (Å²) in [4.78, 5) is 35.3. The van der Waals surface area contributed by atoms with Crippen molar-refractivity contribution in [3.63, 3.8) is 0 Å². The van der Waals surface area contributed by atoms with E-state index in [4.69, 9.17) is 5.73 Å². The van der Waals surface area contributed by atoms with Gasteiger partial charge in [-0.05, 0) is 23.8 Å². The Kier molecular flexibility index (Phi) is 6.22. The van der Waals surface area contributed by atoms with Crippen molar-refractivity contribution in [3.8, 4) is 0 Å². The summed E-state index contributed by atoms with van der Waals surface area (Å²) in [5.41, 5.74) is 5.94. The maximum atomic E-state index is 13.7. The van der Waals surface area contributed by atoms with Gasteiger partial charge in [-0.25, -0.2) is 4.39 Å². The molecule has 6 nitrogen and oxygen atoms in total. The zero-order chi connectivity index (χ0) is 18.2. The summed E-state index contributed by atoms with van der Waals surface area (Å²) in [6.07, 6.45) is -0.0691. The van der Waals surface area contributed by atoms with Crippen molar-refractivity contribution >= 4 is 17.7 Å². The van der Waals surface area contributed by atoms with Crippen molar-refractivity contribution < 1.29 is 18.8 Å². The number of hydrogen-bond donors (Lipinski definition) is 3. The molecule has 0 saturated heterocycles. The molecule has 0 aromatic heterocycles. The standard InChI is InChI=1S/C18H18FN3O3/c19-14-9-5-4-8-13(14)10-15(17(20)24)22-16(23)11-21-18(25)12-6-2-1-3-7-12/h1-9,15H,10-11H2,(H2,20,24)(H,21,25)(H,22,23)/t15-/m1/s1. The number of nitrogens with one attached hydrogen (secondary N) is 2. The van der Waals surface area contributed by atoms with E-state index >= 15 is 0 Å². The fourth-order valence-corrected chi connectivity index (χ4v) is 2.20. The molecule has 1 atom stereocenters. The molecule has 0 aliphatic heterocycles. The van der Waals surface area contributed by atoms with E-state index in [0.717, 1.165) is 0 Å². The van der Waals surface area contributed by atoms with Crippen LogP contribution in [0.4, 0.5) is 4.39 Å². The van der Waals surface area contributed by atoms with E-state index in [2.05, 4.69) is 10.6 Å². The summed E-state index contributed by atoms with van der Waals surface area (Å²) < 4.78 is 13.7. The number of halogens is 1. The summed E-state index contributed by atoms with van der Waals surface area (Å²) in [7, 11) is 0. The van der Waals surface area contributed by atoms with Crippen LogP contribution in [0.15, 0.2) is 54.6 Å². The number of hydrogen-bond acceptors (Lipinski definition) is 3. The van der Waals surface area contributed by atoms with Crippen LogP contribution in [0.5, 0.6) is 0 Å². The Morgan fingerprint density at radius 1 is 1.00 bits per heavy atom. The van der Waals surface area contributed by atoms with Gasteiger partial charge in [0.05, 0.1) is 6.54 Å². The topological polar surface area (TPSA) is 101 Å². The third kappa shape index (κ3) is 5.42. The van der Waals surface area contributed by atoms with Gasteiger partial charge in [-0.3, -0.25) is 14.4 Å².